The molecule has 0 atom stereocenters. The molecule has 0 aromatic rings. The largest absolute Gasteiger partial charge is 0.329 e. The number of nitrogens with one attached hydrogen (secondary N) is 2. The topological polar surface area (TPSA) is 87.9 Å². The molecule has 4 heteroatoms. The summed E-state index contributed by atoms with van der Waals surface area (Å²) in [5.41, 5.74) is 11.1. The number of nitrogens with two attached hydrogens (primary N) is 2. The molecule has 0 aliphatic heterocycles. The number of rotatable bonds is 5. The zero-order valence-electron chi connectivity index (χ0n) is 8.19. The molecule has 0 aromatic carbocycles. The molecule has 4 nitrogen and oxygen atoms in total. The van der Waals surface area contributed by atoms with Crippen LogP contribution in [0.1, 0.15) is 20.3 Å². The first kappa shape index (κ1) is 14.1. The molecule has 12 heavy (non-hydrogen) atoms. The zero-order chi connectivity index (χ0) is 9.82. The third-order valence-electron chi connectivity index (χ3n) is 1.17. The van der Waals surface area contributed by atoms with Crippen LogP contribution in [-0.4, -0.2) is 31.9 Å². The van der Waals surface area contributed by atoms with Crippen LogP contribution in [0.15, 0.2) is 0 Å². The third-order valence-corrected chi connectivity index (χ3v) is 1.17. The smallest absolute Gasteiger partial charge is 0.00750 e. The Morgan fingerprint density at radius 3 is 1.75 bits per heavy atom. The van der Waals surface area contributed by atoms with Crippen LogP contribution < -0.4 is 16.8 Å². The van der Waals surface area contributed by atoms with Crippen molar-refractivity contribution in [1.82, 2.24) is 5.32 Å². The van der Waals surface area contributed by atoms with Crippen molar-refractivity contribution in [3.63, 3.8) is 0 Å². The van der Waals surface area contributed by atoms with Gasteiger partial charge in [0.1, 0.15) is 0 Å². The first-order valence-corrected chi connectivity index (χ1v) is 4.33. The van der Waals surface area contributed by atoms with Crippen LogP contribution in [0.5, 0.6) is 0 Å². The Morgan fingerprint density at radius 1 is 1.25 bits per heavy atom. The lowest BCUT2D eigenvalue weighted by Crippen LogP contribution is -2.27. The maximum absolute atomic E-state index is 6.74. The summed E-state index contributed by atoms with van der Waals surface area (Å²) in [6.45, 7) is 6.91. The fraction of sp³-hybridized carbons (Fsp3) is 0.875. The molecule has 0 spiro atoms. The molecule has 0 saturated heterocycles. The lowest BCUT2D eigenvalue weighted by atomic mass is 10.3. The molecule has 0 amide bonds. The van der Waals surface area contributed by atoms with Crippen LogP contribution in [0.25, 0.3) is 0 Å². The fourth-order valence-electron chi connectivity index (χ4n) is 0.329. The van der Waals surface area contributed by atoms with Gasteiger partial charge in [-0.2, -0.15) is 0 Å². The van der Waals surface area contributed by atoms with Gasteiger partial charge < -0.3 is 22.2 Å². The first-order chi connectivity index (χ1) is 5.68. The Hall–Kier alpha value is -0.450. The van der Waals surface area contributed by atoms with Gasteiger partial charge in [0.2, 0.25) is 0 Å². The van der Waals surface area contributed by atoms with Crippen molar-refractivity contribution in [3.05, 3.63) is 0 Å². The lowest BCUT2D eigenvalue weighted by Gasteiger charge is -1.95. The molecule has 74 valence electrons. The van der Waals surface area contributed by atoms with E-state index in [9.17, 15) is 0 Å². The highest BCUT2D eigenvalue weighted by molar-refractivity contribution is 5.77. The Morgan fingerprint density at radius 2 is 1.58 bits per heavy atom. The van der Waals surface area contributed by atoms with E-state index in [1.54, 1.807) is 6.92 Å². The zero-order valence-corrected chi connectivity index (χ0v) is 8.19. The summed E-state index contributed by atoms with van der Waals surface area (Å²) < 4.78 is 0. The van der Waals surface area contributed by atoms with Gasteiger partial charge in [-0.15, -0.1) is 0 Å². The van der Waals surface area contributed by atoms with Crippen LogP contribution in [0.4, 0.5) is 0 Å². The third kappa shape index (κ3) is 22.7. The van der Waals surface area contributed by atoms with Crippen molar-refractivity contribution in [2.45, 2.75) is 20.3 Å². The van der Waals surface area contributed by atoms with Crippen molar-refractivity contribution in [2.75, 3.05) is 26.2 Å². The van der Waals surface area contributed by atoms with Crippen LogP contribution in [0.3, 0.4) is 0 Å². The number of hydrogen-bond acceptors (Lipinski definition) is 4. The van der Waals surface area contributed by atoms with E-state index in [0.29, 0.717) is 13.1 Å². The summed E-state index contributed by atoms with van der Waals surface area (Å²) in [7, 11) is 0. The monoisotopic (exact) mass is 174 g/mol. The maximum Gasteiger partial charge on any atom is 0.00750 e. The summed E-state index contributed by atoms with van der Waals surface area (Å²) in [6, 6.07) is 0. The molecule has 0 rings (SSSR count). The van der Waals surface area contributed by atoms with E-state index in [-0.39, 0.29) is 0 Å². The highest BCUT2D eigenvalue weighted by Crippen LogP contribution is 1.72. The normalized spacial score (nSPS) is 8.67. The van der Waals surface area contributed by atoms with E-state index >= 15 is 0 Å². The summed E-state index contributed by atoms with van der Waals surface area (Å²) in [5.74, 6) is 0. The Kier molecular flexibility index (Phi) is 15.5. The van der Waals surface area contributed by atoms with Crippen LogP contribution >= 0.6 is 0 Å². The van der Waals surface area contributed by atoms with Gasteiger partial charge in [-0.3, -0.25) is 0 Å². The molecule has 0 aliphatic carbocycles. The van der Waals surface area contributed by atoms with E-state index in [1.807, 2.05) is 6.92 Å². The summed E-state index contributed by atoms with van der Waals surface area (Å²) >= 11 is 0. The Bertz CT molecular complexity index is 89.1. The van der Waals surface area contributed by atoms with Gasteiger partial charge in [0.25, 0.3) is 0 Å². The highest BCUT2D eigenvalue weighted by Gasteiger charge is 1.76. The minimum absolute atomic E-state index is 0.694. The van der Waals surface area contributed by atoms with Gasteiger partial charge in [-0.25, -0.2) is 0 Å². The van der Waals surface area contributed by atoms with E-state index in [2.05, 4.69) is 5.32 Å². The molecular weight excluding hydrogens is 152 g/mol. The number of hydrogen-bond donors (Lipinski definition) is 4. The summed E-state index contributed by atoms with van der Waals surface area (Å²) in [5, 5.41) is 9.78. The average Bonchev–Trinajstić information content (AvgIpc) is 2.07. The van der Waals surface area contributed by atoms with Gasteiger partial charge in [0, 0.05) is 31.9 Å². The minimum atomic E-state index is 0.694. The van der Waals surface area contributed by atoms with Crippen molar-refractivity contribution in [2.24, 2.45) is 11.5 Å². The molecule has 0 bridgehead atoms. The van der Waals surface area contributed by atoms with Crippen molar-refractivity contribution in [3.8, 4) is 0 Å². The second-order valence-electron chi connectivity index (χ2n) is 2.46. The van der Waals surface area contributed by atoms with Crippen molar-refractivity contribution in [1.29, 1.82) is 5.41 Å². The first-order valence-electron chi connectivity index (χ1n) is 4.33. The highest BCUT2D eigenvalue weighted by atomic mass is 14.9. The van der Waals surface area contributed by atoms with E-state index in [0.717, 1.165) is 25.2 Å². The summed E-state index contributed by atoms with van der Waals surface area (Å²) in [6.07, 6.45) is 0.889. The van der Waals surface area contributed by atoms with E-state index in [1.165, 1.54) is 0 Å². The van der Waals surface area contributed by atoms with Crippen molar-refractivity contribution >= 4 is 5.71 Å². The van der Waals surface area contributed by atoms with Crippen LogP contribution in [0.2, 0.25) is 0 Å². The molecule has 0 radical (unpaired) electrons. The molecule has 0 heterocycles. The predicted octanol–water partition coefficient (Wildman–Crippen LogP) is -0.0705. The Balaban J connectivity index is 0. The van der Waals surface area contributed by atoms with Crippen LogP contribution in [0, 0.1) is 5.41 Å². The molecule has 0 saturated carbocycles. The summed E-state index contributed by atoms with van der Waals surface area (Å²) in [4.78, 5) is 0. The van der Waals surface area contributed by atoms with Gasteiger partial charge in [0.15, 0.2) is 0 Å². The lowest BCUT2D eigenvalue weighted by molar-refractivity contribution is 0.696. The van der Waals surface area contributed by atoms with Gasteiger partial charge in [-0.1, -0.05) is 6.92 Å². The molecular formula is C8H22N4. The standard InChI is InChI=1S/C4H13N3.C4H9N/c5-1-3-7-4-2-6;1-3-4(2)5/h7H,1-6H2;5H,3H2,1-2H3. The molecule has 0 unspecified atom stereocenters. The molecule has 0 aliphatic rings. The maximum atomic E-state index is 6.74. The van der Waals surface area contributed by atoms with Crippen LogP contribution in [-0.2, 0) is 0 Å². The second-order valence-corrected chi connectivity index (χ2v) is 2.46. The molecule has 6 N–H and O–H groups in total. The second kappa shape index (κ2) is 13.2. The quantitative estimate of drug-likeness (QED) is 0.347. The minimum Gasteiger partial charge on any atom is -0.329 e. The molecule has 0 aromatic heterocycles. The van der Waals surface area contributed by atoms with Crippen molar-refractivity contribution < 1.29 is 0 Å². The van der Waals surface area contributed by atoms with E-state index in [4.69, 9.17) is 16.9 Å². The average molecular weight is 174 g/mol. The Labute approximate surface area is 75.2 Å². The van der Waals surface area contributed by atoms with Gasteiger partial charge in [0.05, 0.1) is 0 Å². The molecule has 0 fully saturated rings. The van der Waals surface area contributed by atoms with Gasteiger partial charge >= 0.3 is 0 Å². The van der Waals surface area contributed by atoms with E-state index < -0.39 is 0 Å². The van der Waals surface area contributed by atoms with Gasteiger partial charge in [-0.05, 0) is 13.3 Å². The predicted molar refractivity (Wildman–Crippen MR) is 54.7 cm³/mol. The fourth-order valence-corrected chi connectivity index (χ4v) is 0.329. The SMILES string of the molecule is CCC(C)=N.NCCNCCN.